The monoisotopic (exact) mass is 262 g/mol. The minimum absolute atomic E-state index is 0.0339. The first-order valence-corrected chi connectivity index (χ1v) is 6.95. The van der Waals surface area contributed by atoms with Crippen LogP contribution in [-0.4, -0.2) is 25.1 Å². The van der Waals surface area contributed by atoms with Crippen LogP contribution in [0.3, 0.4) is 0 Å². The number of benzene rings is 1. The van der Waals surface area contributed by atoms with Crippen LogP contribution in [0.1, 0.15) is 38.3 Å². The van der Waals surface area contributed by atoms with Crippen molar-refractivity contribution in [2.24, 2.45) is 0 Å². The molecule has 2 rings (SSSR count). The Morgan fingerprint density at radius 2 is 2.16 bits per heavy atom. The largest absolute Gasteiger partial charge is 0.483 e. The molecule has 104 valence electrons. The van der Waals surface area contributed by atoms with Crippen molar-refractivity contribution in [1.82, 2.24) is 10.6 Å². The second-order valence-electron chi connectivity index (χ2n) is 4.95. The third kappa shape index (κ3) is 4.24. The van der Waals surface area contributed by atoms with Crippen molar-refractivity contribution in [3.05, 3.63) is 29.8 Å². The van der Waals surface area contributed by atoms with E-state index < -0.39 is 0 Å². The van der Waals surface area contributed by atoms with Crippen LogP contribution in [0.15, 0.2) is 24.3 Å². The number of amides is 1. The van der Waals surface area contributed by atoms with E-state index in [4.69, 9.17) is 4.74 Å². The lowest BCUT2D eigenvalue weighted by molar-refractivity contribution is -0.123. The van der Waals surface area contributed by atoms with Crippen molar-refractivity contribution in [2.75, 3.05) is 13.2 Å². The first kappa shape index (κ1) is 13.9. The fraction of sp³-hybridized carbons (Fsp3) is 0.533. The van der Waals surface area contributed by atoms with Crippen molar-refractivity contribution in [1.29, 1.82) is 0 Å². The van der Waals surface area contributed by atoms with Crippen LogP contribution in [0.25, 0.3) is 0 Å². The molecule has 1 fully saturated rings. The summed E-state index contributed by atoms with van der Waals surface area (Å²) in [4.78, 5) is 11.6. The molecule has 0 aliphatic heterocycles. The summed E-state index contributed by atoms with van der Waals surface area (Å²) < 4.78 is 5.64. The van der Waals surface area contributed by atoms with Crippen molar-refractivity contribution in [2.45, 2.75) is 38.8 Å². The molecule has 0 heterocycles. The van der Waals surface area contributed by atoms with Crippen LogP contribution in [0.5, 0.6) is 5.75 Å². The van der Waals surface area contributed by atoms with Crippen molar-refractivity contribution in [3.8, 4) is 5.75 Å². The summed E-state index contributed by atoms with van der Waals surface area (Å²) in [6, 6.07) is 8.45. The number of carbonyl (C=O) groups excluding carboxylic acids is 1. The number of hydrogen-bond donors (Lipinski definition) is 2. The molecule has 4 nitrogen and oxygen atoms in total. The van der Waals surface area contributed by atoms with Gasteiger partial charge in [0.25, 0.3) is 5.91 Å². The van der Waals surface area contributed by atoms with Gasteiger partial charge in [-0.15, -0.1) is 0 Å². The van der Waals surface area contributed by atoms with Gasteiger partial charge < -0.3 is 15.4 Å². The lowest BCUT2D eigenvalue weighted by atomic mass is 10.1. The van der Waals surface area contributed by atoms with E-state index in [1.165, 1.54) is 0 Å². The molecule has 1 aromatic rings. The number of hydrogen-bond acceptors (Lipinski definition) is 3. The quantitative estimate of drug-likeness (QED) is 0.790. The fourth-order valence-electron chi connectivity index (χ4n) is 2.03. The highest BCUT2D eigenvalue weighted by molar-refractivity contribution is 5.78. The lowest BCUT2D eigenvalue weighted by Gasteiger charge is -2.17. The van der Waals surface area contributed by atoms with E-state index >= 15 is 0 Å². The third-order valence-corrected chi connectivity index (χ3v) is 3.20. The van der Waals surface area contributed by atoms with E-state index in [9.17, 15) is 4.79 Å². The van der Waals surface area contributed by atoms with E-state index in [2.05, 4.69) is 24.5 Å². The highest BCUT2D eigenvalue weighted by atomic mass is 16.5. The predicted molar refractivity (Wildman–Crippen MR) is 75.2 cm³/mol. The number of carbonyl (C=O) groups is 1. The molecule has 19 heavy (non-hydrogen) atoms. The van der Waals surface area contributed by atoms with E-state index in [0.717, 1.165) is 30.7 Å². The molecule has 1 amide bonds. The SMILES string of the molecule is CCNC(C)c1ccccc1OCC(=O)NC1CC1. The van der Waals surface area contributed by atoms with Gasteiger partial charge in [0.1, 0.15) is 5.75 Å². The van der Waals surface area contributed by atoms with Crippen LogP contribution >= 0.6 is 0 Å². The Morgan fingerprint density at radius 1 is 1.42 bits per heavy atom. The van der Waals surface area contributed by atoms with Crippen LogP contribution < -0.4 is 15.4 Å². The van der Waals surface area contributed by atoms with Crippen molar-refractivity contribution >= 4 is 5.91 Å². The molecular weight excluding hydrogens is 240 g/mol. The van der Waals surface area contributed by atoms with Crippen LogP contribution in [-0.2, 0) is 4.79 Å². The summed E-state index contributed by atoms with van der Waals surface area (Å²) >= 11 is 0. The highest BCUT2D eigenvalue weighted by Crippen LogP contribution is 2.24. The van der Waals surface area contributed by atoms with Crippen LogP contribution in [0, 0.1) is 0 Å². The molecule has 1 atom stereocenters. The van der Waals surface area contributed by atoms with E-state index in [0.29, 0.717) is 6.04 Å². The van der Waals surface area contributed by atoms with Gasteiger partial charge in [-0.05, 0) is 32.4 Å². The predicted octanol–water partition coefficient (Wildman–Crippen LogP) is 2.01. The zero-order valence-corrected chi connectivity index (χ0v) is 11.6. The molecule has 0 bridgehead atoms. The second kappa shape index (κ2) is 6.57. The minimum atomic E-state index is -0.0339. The Bertz CT molecular complexity index is 430. The average molecular weight is 262 g/mol. The molecular formula is C15H22N2O2. The van der Waals surface area contributed by atoms with Crippen molar-refractivity contribution in [3.63, 3.8) is 0 Å². The maximum atomic E-state index is 11.6. The molecule has 1 aliphatic rings. The van der Waals surface area contributed by atoms with Gasteiger partial charge in [-0.25, -0.2) is 0 Å². The normalized spacial score (nSPS) is 15.9. The lowest BCUT2D eigenvalue weighted by Crippen LogP contribution is -2.30. The van der Waals surface area contributed by atoms with Gasteiger partial charge in [0.2, 0.25) is 0 Å². The Morgan fingerprint density at radius 3 is 2.84 bits per heavy atom. The van der Waals surface area contributed by atoms with Gasteiger partial charge in [-0.2, -0.15) is 0 Å². The van der Waals surface area contributed by atoms with E-state index in [-0.39, 0.29) is 18.6 Å². The molecule has 1 aromatic carbocycles. The van der Waals surface area contributed by atoms with E-state index in [1.54, 1.807) is 0 Å². The van der Waals surface area contributed by atoms with Crippen molar-refractivity contribution < 1.29 is 9.53 Å². The average Bonchev–Trinajstić information content (AvgIpc) is 3.21. The minimum Gasteiger partial charge on any atom is -0.483 e. The maximum Gasteiger partial charge on any atom is 0.258 e. The van der Waals surface area contributed by atoms with Gasteiger partial charge in [-0.3, -0.25) is 4.79 Å². The number of nitrogens with one attached hydrogen (secondary N) is 2. The first-order valence-electron chi connectivity index (χ1n) is 6.95. The first-order chi connectivity index (χ1) is 9.20. The van der Waals surface area contributed by atoms with Crippen LogP contribution in [0.4, 0.5) is 0 Å². The second-order valence-corrected chi connectivity index (χ2v) is 4.95. The molecule has 2 N–H and O–H groups in total. The van der Waals surface area contributed by atoms with E-state index in [1.807, 2.05) is 24.3 Å². The smallest absolute Gasteiger partial charge is 0.258 e. The van der Waals surface area contributed by atoms with Gasteiger partial charge in [-0.1, -0.05) is 25.1 Å². The summed E-state index contributed by atoms with van der Waals surface area (Å²) in [5.41, 5.74) is 1.09. The summed E-state index contributed by atoms with van der Waals surface area (Å²) in [5, 5.41) is 6.27. The number of rotatable bonds is 7. The Kier molecular flexibility index (Phi) is 4.80. The molecule has 1 unspecified atom stereocenters. The molecule has 0 aromatic heterocycles. The zero-order valence-electron chi connectivity index (χ0n) is 11.6. The molecule has 0 spiro atoms. The molecule has 1 saturated carbocycles. The summed E-state index contributed by atoms with van der Waals surface area (Å²) in [5.74, 6) is 0.746. The molecule has 4 heteroatoms. The van der Waals surface area contributed by atoms with Gasteiger partial charge in [0.15, 0.2) is 6.61 Å². The fourth-order valence-corrected chi connectivity index (χ4v) is 2.03. The Hall–Kier alpha value is -1.55. The highest BCUT2D eigenvalue weighted by Gasteiger charge is 2.23. The summed E-state index contributed by atoms with van der Waals surface area (Å²) in [6.45, 7) is 5.16. The summed E-state index contributed by atoms with van der Waals surface area (Å²) in [7, 11) is 0. The standard InChI is InChI=1S/C15H22N2O2/c1-3-16-11(2)13-6-4-5-7-14(13)19-10-15(18)17-12-8-9-12/h4-7,11-12,16H,3,8-10H2,1-2H3,(H,17,18). The summed E-state index contributed by atoms with van der Waals surface area (Å²) in [6.07, 6.45) is 2.19. The third-order valence-electron chi connectivity index (χ3n) is 3.20. The van der Waals surface area contributed by atoms with Crippen LogP contribution in [0.2, 0.25) is 0 Å². The maximum absolute atomic E-state index is 11.6. The Balaban J connectivity index is 1.92. The zero-order chi connectivity index (χ0) is 13.7. The number of ether oxygens (including phenoxy) is 1. The molecule has 0 saturated heterocycles. The van der Waals surface area contributed by atoms with Gasteiger partial charge in [0.05, 0.1) is 0 Å². The van der Waals surface area contributed by atoms with Gasteiger partial charge in [0, 0.05) is 17.6 Å². The number of para-hydroxylation sites is 1. The topological polar surface area (TPSA) is 50.4 Å². The molecule has 1 aliphatic carbocycles. The van der Waals surface area contributed by atoms with Gasteiger partial charge >= 0.3 is 0 Å². The molecule has 0 radical (unpaired) electrons. The Labute approximate surface area is 114 Å².